The Morgan fingerprint density at radius 1 is 1.18 bits per heavy atom. The van der Waals surface area contributed by atoms with Crippen LogP contribution in [0.1, 0.15) is 53.4 Å². The molecule has 0 radical (unpaired) electrons. The Balaban J connectivity index is 2.09. The average Bonchev–Trinajstić information content (AvgIpc) is 2.64. The number of nitrogens with zero attached hydrogens (tertiary/aromatic N) is 1. The first-order chi connectivity index (χ1) is 8.00. The smallest absolute Gasteiger partial charge is 0.0700 e. The van der Waals surface area contributed by atoms with Gasteiger partial charge in [0.1, 0.15) is 0 Å². The summed E-state index contributed by atoms with van der Waals surface area (Å²) in [5.74, 6) is 2.06. The van der Waals surface area contributed by atoms with E-state index in [-0.39, 0.29) is 6.10 Å². The lowest BCUT2D eigenvalue weighted by Gasteiger charge is -2.45. The topological polar surface area (TPSA) is 23.5 Å². The molecule has 2 fully saturated rings. The van der Waals surface area contributed by atoms with E-state index in [9.17, 15) is 5.11 Å². The van der Waals surface area contributed by atoms with Crippen molar-refractivity contribution >= 4 is 0 Å². The maximum Gasteiger partial charge on any atom is 0.0700 e. The van der Waals surface area contributed by atoms with Gasteiger partial charge in [0.2, 0.25) is 0 Å². The predicted octanol–water partition coefficient (Wildman–Crippen LogP) is 2.90. The highest BCUT2D eigenvalue weighted by atomic mass is 16.3. The monoisotopic (exact) mass is 239 g/mol. The number of hydrogen-bond donors (Lipinski definition) is 1. The van der Waals surface area contributed by atoms with Crippen molar-refractivity contribution in [1.29, 1.82) is 0 Å². The van der Waals surface area contributed by atoms with E-state index in [1.807, 2.05) is 0 Å². The first kappa shape index (κ1) is 13.4. The summed E-state index contributed by atoms with van der Waals surface area (Å²) in [6.07, 6.45) is 4.81. The molecule has 17 heavy (non-hydrogen) atoms. The summed E-state index contributed by atoms with van der Waals surface area (Å²) in [7, 11) is 0. The third-order valence-corrected chi connectivity index (χ3v) is 4.89. The van der Waals surface area contributed by atoms with Crippen LogP contribution in [0.15, 0.2) is 0 Å². The van der Waals surface area contributed by atoms with Crippen molar-refractivity contribution in [2.24, 2.45) is 17.8 Å². The number of likely N-dealkylation sites (tertiary alicyclic amines) is 1. The summed E-state index contributed by atoms with van der Waals surface area (Å²) in [4.78, 5) is 2.63. The third-order valence-electron chi connectivity index (χ3n) is 4.89. The second-order valence-electron chi connectivity index (χ2n) is 6.80. The SMILES string of the molecule is CC1CC(C)C(N2CCCC2C(C)C)C(O)C1. The molecule has 0 spiro atoms. The lowest BCUT2D eigenvalue weighted by molar-refractivity contribution is -0.0359. The van der Waals surface area contributed by atoms with Gasteiger partial charge in [0, 0.05) is 12.1 Å². The molecule has 1 aliphatic heterocycles. The Labute approximate surface area is 106 Å². The Kier molecular flexibility index (Phi) is 4.14. The molecule has 2 rings (SSSR count). The largest absolute Gasteiger partial charge is 0.391 e. The number of rotatable bonds is 2. The van der Waals surface area contributed by atoms with Crippen LogP contribution in [0.25, 0.3) is 0 Å². The summed E-state index contributed by atoms with van der Waals surface area (Å²) in [6.45, 7) is 10.5. The van der Waals surface area contributed by atoms with Crippen LogP contribution in [-0.4, -0.2) is 34.7 Å². The van der Waals surface area contributed by atoms with Gasteiger partial charge >= 0.3 is 0 Å². The second-order valence-corrected chi connectivity index (χ2v) is 6.80. The molecule has 1 saturated heterocycles. The van der Waals surface area contributed by atoms with E-state index in [0.717, 1.165) is 12.3 Å². The van der Waals surface area contributed by atoms with Gasteiger partial charge < -0.3 is 5.11 Å². The summed E-state index contributed by atoms with van der Waals surface area (Å²) in [5.41, 5.74) is 0. The Bertz CT molecular complexity index is 241. The molecule has 2 heteroatoms. The Hall–Kier alpha value is -0.0800. The van der Waals surface area contributed by atoms with Crippen LogP contribution < -0.4 is 0 Å². The highest BCUT2D eigenvalue weighted by molar-refractivity contribution is 4.95. The van der Waals surface area contributed by atoms with E-state index < -0.39 is 0 Å². The lowest BCUT2D eigenvalue weighted by Crippen LogP contribution is -2.53. The molecule has 2 nitrogen and oxygen atoms in total. The van der Waals surface area contributed by atoms with Crippen LogP contribution in [0, 0.1) is 17.8 Å². The highest BCUT2D eigenvalue weighted by Gasteiger charge is 2.41. The minimum absolute atomic E-state index is 0.104. The van der Waals surface area contributed by atoms with Crippen LogP contribution in [-0.2, 0) is 0 Å². The summed E-state index contributed by atoms with van der Waals surface area (Å²) in [5, 5.41) is 10.4. The van der Waals surface area contributed by atoms with Crippen LogP contribution >= 0.6 is 0 Å². The van der Waals surface area contributed by atoms with Gasteiger partial charge in [-0.25, -0.2) is 0 Å². The molecule has 0 bridgehead atoms. The van der Waals surface area contributed by atoms with Crippen LogP contribution in [0.4, 0.5) is 0 Å². The van der Waals surface area contributed by atoms with Crippen molar-refractivity contribution in [2.45, 2.75) is 71.6 Å². The van der Waals surface area contributed by atoms with E-state index in [1.54, 1.807) is 0 Å². The van der Waals surface area contributed by atoms with E-state index in [4.69, 9.17) is 0 Å². The molecule has 0 aromatic heterocycles. The minimum Gasteiger partial charge on any atom is -0.391 e. The predicted molar refractivity (Wildman–Crippen MR) is 71.9 cm³/mol. The summed E-state index contributed by atoms with van der Waals surface area (Å²) >= 11 is 0. The van der Waals surface area contributed by atoms with E-state index in [2.05, 4.69) is 32.6 Å². The van der Waals surface area contributed by atoms with E-state index >= 15 is 0 Å². The zero-order valence-corrected chi connectivity index (χ0v) is 11.9. The first-order valence-corrected chi connectivity index (χ1v) is 7.44. The maximum atomic E-state index is 10.4. The molecular weight excluding hydrogens is 210 g/mol. The third kappa shape index (κ3) is 2.68. The fourth-order valence-corrected chi connectivity index (χ4v) is 4.25. The highest BCUT2D eigenvalue weighted by Crippen LogP contribution is 2.37. The van der Waals surface area contributed by atoms with Gasteiger partial charge in [-0.1, -0.05) is 27.7 Å². The Morgan fingerprint density at radius 2 is 1.88 bits per heavy atom. The van der Waals surface area contributed by atoms with Gasteiger partial charge in [0.25, 0.3) is 0 Å². The Morgan fingerprint density at radius 3 is 2.47 bits per heavy atom. The molecular formula is C15H29NO. The zero-order valence-electron chi connectivity index (χ0n) is 11.9. The van der Waals surface area contributed by atoms with E-state index in [1.165, 1.54) is 25.8 Å². The first-order valence-electron chi connectivity index (χ1n) is 7.44. The molecule has 5 unspecified atom stereocenters. The van der Waals surface area contributed by atoms with Gasteiger partial charge in [-0.15, -0.1) is 0 Å². The fourth-order valence-electron chi connectivity index (χ4n) is 4.25. The summed E-state index contributed by atoms with van der Waals surface area (Å²) < 4.78 is 0. The number of aliphatic hydroxyl groups excluding tert-OH is 1. The average molecular weight is 239 g/mol. The molecule has 1 saturated carbocycles. The van der Waals surface area contributed by atoms with Crippen molar-refractivity contribution in [2.75, 3.05) is 6.54 Å². The van der Waals surface area contributed by atoms with Crippen molar-refractivity contribution in [3.05, 3.63) is 0 Å². The number of aliphatic hydroxyl groups is 1. The summed E-state index contributed by atoms with van der Waals surface area (Å²) in [6, 6.07) is 1.12. The van der Waals surface area contributed by atoms with Gasteiger partial charge in [-0.3, -0.25) is 4.90 Å². The molecule has 5 atom stereocenters. The molecule has 1 aliphatic carbocycles. The number of hydrogen-bond acceptors (Lipinski definition) is 2. The molecule has 100 valence electrons. The van der Waals surface area contributed by atoms with Crippen molar-refractivity contribution in [3.8, 4) is 0 Å². The molecule has 0 aromatic rings. The van der Waals surface area contributed by atoms with Gasteiger partial charge in [-0.05, 0) is 50.0 Å². The van der Waals surface area contributed by atoms with Crippen LogP contribution in [0.3, 0.4) is 0 Å². The van der Waals surface area contributed by atoms with Crippen molar-refractivity contribution in [1.82, 2.24) is 4.90 Å². The van der Waals surface area contributed by atoms with Crippen molar-refractivity contribution < 1.29 is 5.11 Å². The molecule has 0 amide bonds. The molecule has 2 aliphatic rings. The standard InChI is InChI=1S/C15H29NO/c1-10(2)13-6-5-7-16(13)15-12(4)8-11(3)9-14(15)17/h10-15,17H,5-9H2,1-4H3. The lowest BCUT2D eigenvalue weighted by atomic mass is 9.76. The quantitative estimate of drug-likeness (QED) is 0.801. The molecule has 0 aromatic carbocycles. The van der Waals surface area contributed by atoms with Crippen LogP contribution in [0.2, 0.25) is 0 Å². The fraction of sp³-hybridized carbons (Fsp3) is 1.00. The second kappa shape index (κ2) is 5.27. The normalized spacial score (nSPS) is 44.5. The van der Waals surface area contributed by atoms with Crippen LogP contribution in [0.5, 0.6) is 0 Å². The maximum absolute atomic E-state index is 10.4. The minimum atomic E-state index is -0.104. The van der Waals surface area contributed by atoms with E-state index in [0.29, 0.717) is 23.9 Å². The van der Waals surface area contributed by atoms with Crippen molar-refractivity contribution in [3.63, 3.8) is 0 Å². The van der Waals surface area contributed by atoms with Gasteiger partial charge in [0.15, 0.2) is 0 Å². The zero-order chi connectivity index (χ0) is 12.6. The molecule has 1 heterocycles. The van der Waals surface area contributed by atoms with Gasteiger partial charge in [-0.2, -0.15) is 0 Å². The van der Waals surface area contributed by atoms with Gasteiger partial charge in [0.05, 0.1) is 6.10 Å². The molecule has 1 N–H and O–H groups in total.